The smallest absolute Gasteiger partial charge is 0.0738 e. The van der Waals surface area contributed by atoms with Crippen LogP contribution in [-0.4, -0.2) is 21.6 Å². The molecule has 1 heterocycles. The first-order valence-corrected chi connectivity index (χ1v) is 9.11. The van der Waals surface area contributed by atoms with Crippen LogP contribution >= 0.6 is 43.6 Å². The lowest BCUT2D eigenvalue weighted by Crippen LogP contribution is -2.39. The molecule has 0 fully saturated rings. The number of hydrazine groups is 1. The molecule has 0 saturated heterocycles. The Kier molecular flexibility index (Phi) is 6.31. The minimum absolute atomic E-state index is 0.174. The molecule has 3 N–H and O–H groups in total. The van der Waals surface area contributed by atoms with E-state index < -0.39 is 0 Å². The van der Waals surface area contributed by atoms with Crippen molar-refractivity contribution in [3.05, 3.63) is 44.6 Å². The summed E-state index contributed by atoms with van der Waals surface area (Å²) in [6.45, 7) is 1.99. The molecule has 21 heavy (non-hydrogen) atoms. The van der Waals surface area contributed by atoms with E-state index >= 15 is 0 Å². The Balaban J connectivity index is 2.02. The van der Waals surface area contributed by atoms with Crippen LogP contribution in [-0.2, 0) is 13.5 Å². The highest BCUT2D eigenvalue weighted by Crippen LogP contribution is 2.28. The molecule has 4 nitrogen and oxygen atoms in total. The van der Waals surface area contributed by atoms with Crippen molar-refractivity contribution in [2.45, 2.75) is 24.3 Å². The van der Waals surface area contributed by atoms with E-state index in [4.69, 9.17) is 5.84 Å². The minimum atomic E-state index is 0.174. The van der Waals surface area contributed by atoms with Crippen molar-refractivity contribution in [3.8, 4) is 0 Å². The van der Waals surface area contributed by atoms with Gasteiger partial charge in [0.2, 0.25) is 0 Å². The topological polar surface area (TPSA) is 55.9 Å². The van der Waals surface area contributed by atoms with Gasteiger partial charge in [-0.3, -0.25) is 16.0 Å². The van der Waals surface area contributed by atoms with E-state index in [1.165, 1.54) is 4.90 Å². The number of nitrogens with one attached hydrogen (secondary N) is 1. The van der Waals surface area contributed by atoms with Crippen molar-refractivity contribution in [1.29, 1.82) is 0 Å². The summed E-state index contributed by atoms with van der Waals surface area (Å²) in [5.41, 5.74) is 5.06. The fourth-order valence-electron chi connectivity index (χ4n) is 2.05. The summed E-state index contributed by atoms with van der Waals surface area (Å²) in [4.78, 5) is 1.22. The number of halogens is 2. The number of benzene rings is 1. The SMILES string of the molecule is Cc1nn(C)c(CC(CSc2ccccc2Br)NN)c1Br. The number of aromatic nitrogens is 2. The highest BCUT2D eigenvalue weighted by molar-refractivity contribution is 9.10. The molecule has 0 aliphatic rings. The molecule has 0 bridgehead atoms. The number of thioether (sulfide) groups is 1. The third-order valence-electron chi connectivity index (χ3n) is 3.21. The van der Waals surface area contributed by atoms with Crippen molar-refractivity contribution >= 4 is 43.6 Å². The second-order valence-corrected chi connectivity index (χ2v) is 7.49. The van der Waals surface area contributed by atoms with Crippen LogP contribution in [0.5, 0.6) is 0 Å². The van der Waals surface area contributed by atoms with Gasteiger partial charge >= 0.3 is 0 Å². The third-order valence-corrected chi connectivity index (χ3v) is 6.44. The summed E-state index contributed by atoms with van der Waals surface area (Å²) in [5, 5.41) is 4.42. The van der Waals surface area contributed by atoms with Gasteiger partial charge in [-0.25, -0.2) is 0 Å². The van der Waals surface area contributed by atoms with Crippen LogP contribution in [0.15, 0.2) is 38.1 Å². The van der Waals surface area contributed by atoms with E-state index in [1.54, 1.807) is 11.8 Å². The quantitative estimate of drug-likeness (QED) is 0.416. The largest absolute Gasteiger partial charge is 0.271 e. The van der Waals surface area contributed by atoms with Gasteiger partial charge in [-0.05, 0) is 50.9 Å². The number of nitrogens with zero attached hydrogens (tertiary/aromatic N) is 2. The number of rotatable bonds is 6. The molecular formula is C14H18Br2N4S. The summed E-state index contributed by atoms with van der Waals surface area (Å²) in [5.74, 6) is 6.59. The molecular weight excluding hydrogens is 416 g/mol. The van der Waals surface area contributed by atoms with Crippen LogP contribution in [0.3, 0.4) is 0 Å². The van der Waals surface area contributed by atoms with Crippen molar-refractivity contribution in [3.63, 3.8) is 0 Å². The number of aryl methyl sites for hydroxylation is 2. The summed E-state index contributed by atoms with van der Waals surface area (Å²) in [6, 6.07) is 8.38. The average molecular weight is 434 g/mol. The fraction of sp³-hybridized carbons (Fsp3) is 0.357. The Hall–Kier alpha value is -0.340. The average Bonchev–Trinajstić information content (AvgIpc) is 2.70. The molecule has 1 aromatic carbocycles. The van der Waals surface area contributed by atoms with E-state index in [2.05, 4.69) is 48.5 Å². The zero-order valence-electron chi connectivity index (χ0n) is 11.9. The van der Waals surface area contributed by atoms with Gasteiger partial charge in [-0.2, -0.15) is 5.10 Å². The van der Waals surface area contributed by atoms with E-state index in [-0.39, 0.29) is 6.04 Å². The van der Waals surface area contributed by atoms with E-state index in [9.17, 15) is 0 Å². The maximum absolute atomic E-state index is 5.71. The highest BCUT2D eigenvalue weighted by atomic mass is 79.9. The first kappa shape index (κ1) is 17.0. The van der Waals surface area contributed by atoms with Crippen LogP contribution in [0, 0.1) is 6.92 Å². The molecule has 0 spiro atoms. The molecule has 0 aliphatic heterocycles. The normalized spacial score (nSPS) is 12.6. The highest BCUT2D eigenvalue weighted by Gasteiger charge is 2.16. The Morgan fingerprint density at radius 3 is 2.67 bits per heavy atom. The number of nitrogens with two attached hydrogens (primary N) is 1. The Labute approximate surface area is 146 Å². The van der Waals surface area contributed by atoms with E-state index in [1.807, 2.05) is 36.9 Å². The summed E-state index contributed by atoms with van der Waals surface area (Å²) >= 11 is 8.95. The van der Waals surface area contributed by atoms with Crippen molar-refractivity contribution in [1.82, 2.24) is 15.2 Å². The summed E-state index contributed by atoms with van der Waals surface area (Å²) in [6.07, 6.45) is 0.825. The first-order valence-electron chi connectivity index (χ1n) is 6.54. The molecule has 0 radical (unpaired) electrons. The Morgan fingerprint density at radius 1 is 1.38 bits per heavy atom. The van der Waals surface area contributed by atoms with Crippen molar-refractivity contribution in [2.24, 2.45) is 12.9 Å². The van der Waals surface area contributed by atoms with Gasteiger partial charge in [0.15, 0.2) is 0 Å². The van der Waals surface area contributed by atoms with Gasteiger partial charge in [0.25, 0.3) is 0 Å². The van der Waals surface area contributed by atoms with Crippen molar-refractivity contribution < 1.29 is 0 Å². The summed E-state index contributed by atoms with van der Waals surface area (Å²) in [7, 11) is 1.96. The Bertz CT molecular complexity index is 615. The molecule has 0 saturated carbocycles. The molecule has 2 rings (SSSR count). The lowest BCUT2D eigenvalue weighted by molar-refractivity contribution is 0.550. The standard InChI is InChI=1S/C14H18Br2N4S/c1-9-14(16)12(20(2)19-9)7-10(18-17)8-21-13-6-4-3-5-11(13)15/h3-6,10,18H,7-8,17H2,1-2H3. The monoisotopic (exact) mass is 432 g/mol. The van der Waals surface area contributed by atoms with Gasteiger partial charge in [-0.15, -0.1) is 11.8 Å². The second kappa shape index (κ2) is 7.78. The lowest BCUT2D eigenvalue weighted by atomic mass is 10.2. The van der Waals surface area contributed by atoms with Crippen LogP contribution in [0.25, 0.3) is 0 Å². The van der Waals surface area contributed by atoms with E-state index in [0.717, 1.165) is 32.5 Å². The van der Waals surface area contributed by atoms with Gasteiger partial charge < -0.3 is 0 Å². The molecule has 1 atom stereocenters. The van der Waals surface area contributed by atoms with E-state index in [0.29, 0.717) is 0 Å². The predicted molar refractivity (Wildman–Crippen MR) is 95.3 cm³/mol. The van der Waals surface area contributed by atoms with Gasteiger partial charge in [0, 0.05) is 34.6 Å². The Morgan fingerprint density at radius 2 is 2.10 bits per heavy atom. The molecule has 0 amide bonds. The van der Waals surface area contributed by atoms with Gasteiger partial charge in [0.1, 0.15) is 0 Å². The van der Waals surface area contributed by atoms with Crippen molar-refractivity contribution in [2.75, 3.05) is 5.75 Å². The number of hydrogen-bond acceptors (Lipinski definition) is 4. The van der Waals surface area contributed by atoms with Crippen LogP contribution < -0.4 is 11.3 Å². The fourth-order valence-corrected chi connectivity index (χ4v) is 4.15. The first-order chi connectivity index (χ1) is 10.0. The molecule has 1 unspecified atom stereocenters. The minimum Gasteiger partial charge on any atom is -0.271 e. The molecule has 2 aromatic rings. The second-order valence-electron chi connectivity index (χ2n) is 4.78. The maximum atomic E-state index is 5.71. The molecule has 0 aliphatic carbocycles. The maximum Gasteiger partial charge on any atom is 0.0738 e. The van der Waals surface area contributed by atoms with Crippen LogP contribution in [0.2, 0.25) is 0 Å². The van der Waals surface area contributed by atoms with Gasteiger partial charge in [0.05, 0.1) is 15.9 Å². The zero-order valence-corrected chi connectivity index (χ0v) is 15.9. The van der Waals surface area contributed by atoms with Crippen LogP contribution in [0.1, 0.15) is 11.4 Å². The lowest BCUT2D eigenvalue weighted by Gasteiger charge is -2.16. The zero-order chi connectivity index (χ0) is 15.4. The van der Waals surface area contributed by atoms with Gasteiger partial charge in [-0.1, -0.05) is 12.1 Å². The molecule has 114 valence electrons. The summed E-state index contributed by atoms with van der Waals surface area (Å²) < 4.78 is 4.09. The predicted octanol–water partition coefficient (Wildman–Crippen LogP) is 3.42. The molecule has 1 aromatic heterocycles. The number of hydrogen-bond donors (Lipinski definition) is 2. The molecule has 7 heteroatoms. The van der Waals surface area contributed by atoms with Crippen LogP contribution in [0.4, 0.5) is 0 Å². The third kappa shape index (κ3) is 4.32.